The molecule has 35 heavy (non-hydrogen) atoms. The summed E-state index contributed by atoms with van der Waals surface area (Å²) in [7, 11) is 0. The normalized spacial score (nSPS) is 13.0. The summed E-state index contributed by atoms with van der Waals surface area (Å²) in [6.45, 7) is 2.35. The highest BCUT2D eigenvalue weighted by atomic mass is 16.3. The van der Waals surface area contributed by atoms with Gasteiger partial charge in [0.2, 0.25) is 5.91 Å². The predicted molar refractivity (Wildman–Crippen MR) is 136 cm³/mol. The van der Waals surface area contributed by atoms with Gasteiger partial charge in [-0.3, -0.25) is 9.59 Å². The average Bonchev–Trinajstić information content (AvgIpc) is 3.48. The first-order chi connectivity index (χ1) is 16.9. The van der Waals surface area contributed by atoms with E-state index in [1.165, 1.54) is 11.9 Å². The number of nitrogens with zero attached hydrogens (tertiary/aromatic N) is 3. The molecule has 0 aliphatic carbocycles. The summed E-state index contributed by atoms with van der Waals surface area (Å²) >= 11 is 0. The maximum absolute atomic E-state index is 12.5. The van der Waals surface area contributed by atoms with Crippen LogP contribution in [0.15, 0.2) is 73.3 Å². The van der Waals surface area contributed by atoms with Crippen LogP contribution in [0, 0.1) is 0 Å². The van der Waals surface area contributed by atoms with Crippen LogP contribution in [-0.2, 0) is 17.8 Å². The number of benzene rings is 2. The van der Waals surface area contributed by atoms with E-state index in [9.17, 15) is 14.7 Å². The highest BCUT2D eigenvalue weighted by Crippen LogP contribution is 2.24. The summed E-state index contributed by atoms with van der Waals surface area (Å²) < 4.78 is 3.83. The number of hydrogen-bond donors (Lipinski definition) is 3. The van der Waals surface area contributed by atoms with Crippen molar-refractivity contribution in [1.29, 1.82) is 0 Å². The number of hydrogen-bond acceptors (Lipinski definition) is 4. The number of anilines is 1. The number of aliphatic hydroxyl groups excluding tert-OH is 1. The van der Waals surface area contributed by atoms with Crippen LogP contribution in [0.1, 0.15) is 48.3 Å². The molecule has 2 heterocycles. The van der Waals surface area contributed by atoms with Crippen molar-refractivity contribution in [3.05, 3.63) is 84.6 Å². The van der Waals surface area contributed by atoms with Gasteiger partial charge in [-0.1, -0.05) is 36.4 Å². The third-order valence-electron chi connectivity index (χ3n) is 6.23. The number of aliphatic hydroxyl groups is 1. The molecule has 2 aromatic carbocycles. The minimum atomic E-state index is -0.641. The second-order valence-corrected chi connectivity index (χ2v) is 8.84. The fourth-order valence-electron chi connectivity index (χ4n) is 4.33. The number of amides is 2. The smallest absolute Gasteiger partial charge is 0.268 e. The van der Waals surface area contributed by atoms with Crippen molar-refractivity contribution in [2.45, 2.75) is 51.3 Å². The number of carbonyl (C=O) groups is 2. The van der Waals surface area contributed by atoms with Crippen molar-refractivity contribution in [3.63, 3.8) is 0 Å². The largest absolute Gasteiger partial charge is 0.391 e. The number of rotatable bonds is 11. The Kier molecular flexibility index (Phi) is 7.62. The summed E-state index contributed by atoms with van der Waals surface area (Å²) in [5, 5.41) is 14.4. The Labute approximate surface area is 204 Å². The Morgan fingerprint density at radius 2 is 1.94 bits per heavy atom. The molecule has 4 N–H and O–H groups in total. The van der Waals surface area contributed by atoms with E-state index in [0.29, 0.717) is 19.4 Å². The molecule has 8 heteroatoms. The van der Waals surface area contributed by atoms with E-state index in [0.717, 1.165) is 29.4 Å². The molecule has 0 radical (unpaired) electrons. The number of carbonyl (C=O) groups excluding carboxylic acids is 2. The lowest BCUT2D eigenvalue weighted by atomic mass is 10.1. The molecule has 2 amide bonds. The third kappa shape index (κ3) is 6.16. The molecule has 0 fully saturated rings. The van der Waals surface area contributed by atoms with Gasteiger partial charge in [0.1, 0.15) is 5.69 Å². The molecule has 4 aromatic rings. The first-order valence-electron chi connectivity index (χ1n) is 11.8. The van der Waals surface area contributed by atoms with Gasteiger partial charge < -0.3 is 25.3 Å². The topological polar surface area (TPSA) is 115 Å². The molecular weight excluding hydrogens is 442 g/mol. The Morgan fingerprint density at radius 3 is 2.66 bits per heavy atom. The van der Waals surface area contributed by atoms with Gasteiger partial charge in [0.05, 0.1) is 24.0 Å². The minimum absolute atomic E-state index is 0.00193. The number of imidazole rings is 1. The molecule has 0 saturated heterocycles. The SMILES string of the molecule is CC(O)C(CCn1ccc2ccc(NC(=O)CCCc3ccccc3)cc21)n1cnc(C(N)=O)c1. The van der Waals surface area contributed by atoms with Gasteiger partial charge in [0.15, 0.2) is 0 Å². The summed E-state index contributed by atoms with van der Waals surface area (Å²) in [5.74, 6) is -0.600. The van der Waals surface area contributed by atoms with Crippen LogP contribution in [0.2, 0.25) is 0 Å². The minimum Gasteiger partial charge on any atom is -0.391 e. The Morgan fingerprint density at radius 1 is 1.14 bits per heavy atom. The molecule has 2 atom stereocenters. The Hall–Kier alpha value is -3.91. The van der Waals surface area contributed by atoms with Crippen molar-refractivity contribution in [1.82, 2.24) is 14.1 Å². The lowest BCUT2D eigenvalue weighted by Crippen LogP contribution is -2.22. The van der Waals surface area contributed by atoms with Crippen LogP contribution in [0.4, 0.5) is 5.69 Å². The quantitative estimate of drug-likeness (QED) is 0.306. The van der Waals surface area contributed by atoms with Crippen LogP contribution in [-0.4, -0.2) is 37.1 Å². The first kappa shape index (κ1) is 24.2. The Bertz CT molecular complexity index is 1290. The number of nitrogens with two attached hydrogens (primary N) is 1. The molecule has 0 aliphatic heterocycles. The highest BCUT2D eigenvalue weighted by Gasteiger charge is 2.19. The molecular formula is C27H31N5O3. The van der Waals surface area contributed by atoms with Gasteiger partial charge in [-0.25, -0.2) is 4.98 Å². The van der Waals surface area contributed by atoms with Crippen LogP contribution < -0.4 is 11.1 Å². The van der Waals surface area contributed by atoms with Crippen LogP contribution in [0.25, 0.3) is 10.9 Å². The second kappa shape index (κ2) is 11.0. The fourth-order valence-corrected chi connectivity index (χ4v) is 4.33. The number of aromatic nitrogens is 3. The Balaban J connectivity index is 1.39. The molecule has 182 valence electrons. The number of primary amides is 1. The standard InChI is InChI=1S/C27H31N5O3/c1-19(33)24(32-17-23(27(28)35)29-18-32)13-15-31-14-12-21-10-11-22(16-25(21)31)30-26(34)9-5-8-20-6-3-2-4-7-20/h2-4,6-7,10-12,14,16-19,24,33H,5,8-9,13,15H2,1H3,(H2,28,35)(H,30,34). The number of nitrogens with one attached hydrogen (secondary N) is 1. The summed E-state index contributed by atoms with van der Waals surface area (Å²) in [5.41, 5.74) is 8.47. The zero-order valence-corrected chi connectivity index (χ0v) is 19.8. The van der Waals surface area contributed by atoms with Gasteiger partial charge in [-0.15, -0.1) is 0 Å². The van der Waals surface area contributed by atoms with Gasteiger partial charge in [0, 0.05) is 31.0 Å². The van der Waals surface area contributed by atoms with Crippen molar-refractivity contribution in [2.75, 3.05) is 5.32 Å². The van der Waals surface area contributed by atoms with Crippen LogP contribution >= 0.6 is 0 Å². The molecule has 4 rings (SSSR count). The average molecular weight is 474 g/mol. The maximum Gasteiger partial charge on any atom is 0.268 e. The zero-order chi connectivity index (χ0) is 24.8. The molecule has 0 bridgehead atoms. The predicted octanol–water partition coefficient (Wildman–Crippen LogP) is 3.91. The van der Waals surface area contributed by atoms with E-state index >= 15 is 0 Å². The van der Waals surface area contributed by atoms with Crippen molar-refractivity contribution < 1.29 is 14.7 Å². The summed E-state index contributed by atoms with van der Waals surface area (Å²) in [4.78, 5) is 27.9. The molecule has 8 nitrogen and oxygen atoms in total. The lowest BCUT2D eigenvalue weighted by molar-refractivity contribution is -0.116. The first-order valence-corrected chi connectivity index (χ1v) is 11.8. The van der Waals surface area contributed by atoms with E-state index < -0.39 is 12.0 Å². The van der Waals surface area contributed by atoms with E-state index in [1.54, 1.807) is 17.7 Å². The molecule has 2 unspecified atom stereocenters. The van der Waals surface area contributed by atoms with Crippen LogP contribution in [0.5, 0.6) is 0 Å². The van der Waals surface area contributed by atoms with Crippen LogP contribution in [0.3, 0.4) is 0 Å². The van der Waals surface area contributed by atoms with E-state index in [4.69, 9.17) is 5.73 Å². The summed E-state index contributed by atoms with van der Waals surface area (Å²) in [6.07, 6.45) is 7.19. The van der Waals surface area contributed by atoms with Gasteiger partial charge in [-0.2, -0.15) is 0 Å². The molecule has 0 saturated carbocycles. The van der Waals surface area contributed by atoms with Crippen molar-refractivity contribution >= 4 is 28.4 Å². The molecule has 0 aliphatic rings. The second-order valence-electron chi connectivity index (χ2n) is 8.84. The summed E-state index contributed by atoms with van der Waals surface area (Å²) in [6, 6.07) is 17.8. The maximum atomic E-state index is 12.5. The van der Waals surface area contributed by atoms with E-state index in [-0.39, 0.29) is 17.6 Å². The van der Waals surface area contributed by atoms with E-state index in [2.05, 4.69) is 27.0 Å². The van der Waals surface area contributed by atoms with Crippen molar-refractivity contribution in [2.24, 2.45) is 5.73 Å². The zero-order valence-electron chi connectivity index (χ0n) is 19.8. The number of fused-ring (bicyclic) bond motifs is 1. The van der Waals surface area contributed by atoms with Crippen molar-refractivity contribution in [3.8, 4) is 0 Å². The monoisotopic (exact) mass is 473 g/mol. The molecule has 2 aromatic heterocycles. The molecule has 0 spiro atoms. The van der Waals surface area contributed by atoms with Gasteiger partial charge in [0.25, 0.3) is 5.91 Å². The highest BCUT2D eigenvalue weighted by molar-refractivity contribution is 5.93. The van der Waals surface area contributed by atoms with Gasteiger partial charge in [-0.05, 0) is 55.3 Å². The number of aryl methyl sites for hydroxylation is 2. The van der Waals surface area contributed by atoms with E-state index in [1.807, 2.05) is 48.7 Å². The fraction of sp³-hybridized carbons (Fsp3) is 0.296. The third-order valence-corrected chi connectivity index (χ3v) is 6.23. The lowest BCUT2D eigenvalue weighted by Gasteiger charge is -2.22. The van der Waals surface area contributed by atoms with Gasteiger partial charge >= 0.3 is 0 Å².